The van der Waals surface area contributed by atoms with E-state index in [9.17, 15) is 4.79 Å². The number of hydrogen-bond donors (Lipinski definition) is 0. The fourth-order valence-electron chi connectivity index (χ4n) is 1.97. The molecule has 2 rings (SSSR count). The molecule has 1 heterocycles. The second kappa shape index (κ2) is 8.24. The number of likely N-dealkylation sites (N-methyl/N-ethyl adjacent to an activating group) is 1. The zero-order valence-corrected chi connectivity index (χ0v) is 13.6. The molecule has 0 saturated heterocycles. The molecule has 0 atom stereocenters. The maximum absolute atomic E-state index is 12.2. The summed E-state index contributed by atoms with van der Waals surface area (Å²) in [6.07, 6.45) is 0. The molecule has 0 fully saturated rings. The highest BCUT2D eigenvalue weighted by Crippen LogP contribution is 2.17. The number of nitrogens with zero attached hydrogens (tertiary/aromatic N) is 1. The lowest BCUT2D eigenvalue weighted by atomic mass is 10.3. The highest BCUT2D eigenvalue weighted by Gasteiger charge is 2.16. The molecule has 0 N–H and O–H groups in total. The first-order valence-electron chi connectivity index (χ1n) is 7.24. The van der Waals surface area contributed by atoms with Gasteiger partial charge in [0, 0.05) is 14.2 Å². The van der Waals surface area contributed by atoms with Crippen molar-refractivity contribution in [3.05, 3.63) is 47.9 Å². The Morgan fingerprint density at radius 2 is 1.78 bits per heavy atom. The molecule has 0 bridgehead atoms. The molecule has 0 aliphatic carbocycles. The van der Waals surface area contributed by atoms with Crippen LogP contribution in [0, 0.1) is 0 Å². The minimum Gasteiger partial charge on any atom is -0.497 e. The minimum atomic E-state index is -0.189. The summed E-state index contributed by atoms with van der Waals surface area (Å²) in [5, 5.41) is 0. The van der Waals surface area contributed by atoms with Gasteiger partial charge in [0.25, 0.3) is 5.91 Å². The van der Waals surface area contributed by atoms with Crippen molar-refractivity contribution in [1.29, 1.82) is 0 Å². The van der Waals surface area contributed by atoms with Crippen molar-refractivity contribution in [3.8, 4) is 11.5 Å². The summed E-state index contributed by atoms with van der Waals surface area (Å²) in [5.41, 5.74) is 0. The standard InChI is InChI=1S/C17H21NO5/c1-18(17(19)16-9-8-15(23-16)12-20-2)10-11-22-14-6-4-13(21-3)5-7-14/h4-9H,10-12H2,1-3H3. The molecule has 0 spiro atoms. The van der Waals surface area contributed by atoms with Crippen LogP contribution >= 0.6 is 0 Å². The van der Waals surface area contributed by atoms with Gasteiger partial charge in [0.15, 0.2) is 5.76 Å². The number of rotatable bonds is 8. The van der Waals surface area contributed by atoms with E-state index in [1.807, 2.05) is 24.3 Å². The summed E-state index contributed by atoms with van der Waals surface area (Å²) in [6.45, 7) is 1.18. The summed E-state index contributed by atoms with van der Waals surface area (Å²) < 4.78 is 21.1. The SMILES string of the molecule is COCc1ccc(C(=O)N(C)CCOc2ccc(OC)cc2)o1. The lowest BCUT2D eigenvalue weighted by Gasteiger charge is -2.16. The highest BCUT2D eigenvalue weighted by molar-refractivity contribution is 5.91. The molecule has 0 unspecified atom stereocenters. The van der Waals surface area contributed by atoms with Gasteiger partial charge < -0.3 is 23.5 Å². The van der Waals surface area contributed by atoms with Crippen LogP contribution in [0.25, 0.3) is 0 Å². The van der Waals surface area contributed by atoms with Crippen molar-refractivity contribution in [3.63, 3.8) is 0 Å². The Kier molecular flexibility index (Phi) is 6.05. The molecule has 6 heteroatoms. The summed E-state index contributed by atoms with van der Waals surface area (Å²) in [4.78, 5) is 13.8. The zero-order valence-electron chi connectivity index (χ0n) is 13.6. The second-order valence-electron chi connectivity index (χ2n) is 4.95. The fraction of sp³-hybridized carbons (Fsp3) is 0.353. The largest absolute Gasteiger partial charge is 0.497 e. The Labute approximate surface area is 135 Å². The molecule has 0 radical (unpaired) electrons. The van der Waals surface area contributed by atoms with E-state index in [4.69, 9.17) is 18.6 Å². The first-order valence-corrected chi connectivity index (χ1v) is 7.24. The maximum atomic E-state index is 12.2. The van der Waals surface area contributed by atoms with Crippen LogP contribution in [0.15, 0.2) is 40.8 Å². The third-order valence-electron chi connectivity index (χ3n) is 3.26. The van der Waals surface area contributed by atoms with Gasteiger partial charge in [-0.05, 0) is 36.4 Å². The first-order chi connectivity index (χ1) is 11.1. The second-order valence-corrected chi connectivity index (χ2v) is 4.95. The highest BCUT2D eigenvalue weighted by atomic mass is 16.5. The van der Waals surface area contributed by atoms with E-state index < -0.39 is 0 Å². The summed E-state index contributed by atoms with van der Waals surface area (Å²) >= 11 is 0. The van der Waals surface area contributed by atoms with Gasteiger partial charge in [0.1, 0.15) is 30.5 Å². The monoisotopic (exact) mass is 319 g/mol. The Bertz CT molecular complexity index is 620. The topological polar surface area (TPSA) is 61.1 Å². The van der Waals surface area contributed by atoms with Crippen LogP contribution in [0.5, 0.6) is 11.5 Å². The number of hydrogen-bond acceptors (Lipinski definition) is 5. The fourth-order valence-corrected chi connectivity index (χ4v) is 1.97. The van der Waals surface area contributed by atoms with Crippen LogP contribution in [0.2, 0.25) is 0 Å². The predicted octanol–water partition coefficient (Wildman–Crippen LogP) is 2.59. The van der Waals surface area contributed by atoms with E-state index in [2.05, 4.69) is 0 Å². The first kappa shape index (κ1) is 16.9. The predicted molar refractivity (Wildman–Crippen MR) is 84.9 cm³/mol. The molecular formula is C17H21NO5. The van der Waals surface area contributed by atoms with Crippen molar-refractivity contribution in [2.75, 3.05) is 34.4 Å². The molecule has 0 aliphatic heterocycles. The summed E-state index contributed by atoms with van der Waals surface area (Å²) in [7, 11) is 4.90. The lowest BCUT2D eigenvalue weighted by molar-refractivity contribution is 0.0734. The molecule has 6 nitrogen and oxygen atoms in total. The van der Waals surface area contributed by atoms with Crippen LogP contribution in [-0.4, -0.2) is 45.2 Å². The number of carbonyl (C=O) groups excluding carboxylic acids is 1. The van der Waals surface area contributed by atoms with Crippen LogP contribution in [-0.2, 0) is 11.3 Å². The van der Waals surface area contributed by atoms with E-state index in [0.717, 1.165) is 11.5 Å². The molecule has 124 valence electrons. The Hall–Kier alpha value is -2.47. The van der Waals surface area contributed by atoms with Crippen LogP contribution < -0.4 is 9.47 Å². The van der Waals surface area contributed by atoms with Gasteiger partial charge in [0.05, 0.1) is 13.7 Å². The third kappa shape index (κ3) is 4.75. The molecule has 23 heavy (non-hydrogen) atoms. The van der Waals surface area contributed by atoms with Crippen LogP contribution in [0.1, 0.15) is 16.3 Å². The van der Waals surface area contributed by atoms with E-state index in [1.54, 1.807) is 38.3 Å². The Morgan fingerprint density at radius 1 is 1.09 bits per heavy atom. The number of benzene rings is 1. The average molecular weight is 319 g/mol. The minimum absolute atomic E-state index is 0.189. The Morgan fingerprint density at radius 3 is 2.43 bits per heavy atom. The van der Waals surface area contributed by atoms with Crippen LogP contribution in [0.4, 0.5) is 0 Å². The van der Waals surface area contributed by atoms with E-state index in [0.29, 0.717) is 31.3 Å². The number of carbonyl (C=O) groups is 1. The molecule has 1 amide bonds. The van der Waals surface area contributed by atoms with Crippen molar-refractivity contribution in [1.82, 2.24) is 4.90 Å². The smallest absolute Gasteiger partial charge is 0.289 e. The van der Waals surface area contributed by atoms with E-state index >= 15 is 0 Å². The van der Waals surface area contributed by atoms with Crippen molar-refractivity contribution in [2.45, 2.75) is 6.61 Å². The van der Waals surface area contributed by atoms with E-state index in [-0.39, 0.29) is 5.91 Å². The molecule has 0 saturated carbocycles. The van der Waals surface area contributed by atoms with Gasteiger partial charge >= 0.3 is 0 Å². The van der Waals surface area contributed by atoms with Gasteiger partial charge in [-0.2, -0.15) is 0 Å². The molecule has 1 aromatic carbocycles. The molecule has 0 aliphatic rings. The van der Waals surface area contributed by atoms with E-state index in [1.165, 1.54) is 0 Å². The van der Waals surface area contributed by atoms with Crippen molar-refractivity contribution >= 4 is 5.91 Å². The van der Waals surface area contributed by atoms with Crippen LogP contribution in [0.3, 0.4) is 0 Å². The third-order valence-corrected chi connectivity index (χ3v) is 3.26. The molecular weight excluding hydrogens is 298 g/mol. The number of amides is 1. The van der Waals surface area contributed by atoms with Crippen molar-refractivity contribution in [2.24, 2.45) is 0 Å². The summed E-state index contributed by atoms with van der Waals surface area (Å²) in [6, 6.07) is 10.7. The molecule has 1 aromatic heterocycles. The normalized spacial score (nSPS) is 10.4. The molecule has 2 aromatic rings. The van der Waals surface area contributed by atoms with Crippen molar-refractivity contribution < 1.29 is 23.4 Å². The average Bonchev–Trinajstić information content (AvgIpc) is 3.03. The zero-order chi connectivity index (χ0) is 16.7. The number of furan rings is 1. The van der Waals surface area contributed by atoms with Gasteiger partial charge in [-0.1, -0.05) is 0 Å². The van der Waals surface area contributed by atoms with Gasteiger partial charge in [0.2, 0.25) is 0 Å². The quantitative estimate of drug-likeness (QED) is 0.748. The van der Waals surface area contributed by atoms with Gasteiger partial charge in [-0.25, -0.2) is 0 Å². The summed E-state index contributed by atoms with van der Waals surface area (Å²) in [5.74, 6) is 2.23. The maximum Gasteiger partial charge on any atom is 0.289 e. The lowest BCUT2D eigenvalue weighted by Crippen LogP contribution is -2.30. The number of ether oxygens (including phenoxy) is 3. The van der Waals surface area contributed by atoms with Gasteiger partial charge in [-0.15, -0.1) is 0 Å². The van der Waals surface area contributed by atoms with Gasteiger partial charge in [-0.3, -0.25) is 4.79 Å². The number of methoxy groups -OCH3 is 2. The Balaban J connectivity index is 1.80.